The lowest BCUT2D eigenvalue weighted by molar-refractivity contribution is 0.129. The standard InChI is InChI=1S/C42H44IN7O10S2/c1-57-34-16-12-29(13-17-34)24-49(25-32-10-7-11-36(22-32)59-3)62(55,56)40-38(61(53,54)44-23-33(27-51)45-42(52)60-28-31-8-5-4-6-9-31)21-20-37(43)39(40)41-46-48-50(47-41)26-30-14-18-35(58-2)19-15-30/h4-22,33,44,51H,23-28H2,1-3H3,(H,45,52)/t33-/m1/s1. The van der Waals surface area contributed by atoms with E-state index in [1.54, 1.807) is 92.0 Å². The van der Waals surface area contributed by atoms with Crippen LogP contribution in [0.25, 0.3) is 11.4 Å². The van der Waals surface area contributed by atoms with E-state index in [0.717, 1.165) is 15.4 Å². The maximum atomic E-state index is 15.5. The minimum atomic E-state index is -4.83. The largest absolute Gasteiger partial charge is 0.497 e. The van der Waals surface area contributed by atoms with Crippen molar-refractivity contribution < 1.29 is 45.7 Å². The number of benzene rings is 5. The summed E-state index contributed by atoms with van der Waals surface area (Å²) in [4.78, 5) is 12.7. The number of nitrogens with one attached hydrogen (secondary N) is 2. The van der Waals surface area contributed by atoms with Gasteiger partial charge in [-0.3, -0.25) is 0 Å². The maximum Gasteiger partial charge on any atom is 0.407 e. The number of aliphatic hydroxyl groups is 1. The Morgan fingerprint density at radius 2 is 1.40 bits per heavy atom. The summed E-state index contributed by atoms with van der Waals surface area (Å²) in [5.41, 5.74) is 2.52. The van der Waals surface area contributed by atoms with E-state index < -0.39 is 55.1 Å². The Morgan fingerprint density at radius 3 is 2.05 bits per heavy atom. The number of methoxy groups -OCH3 is 3. The van der Waals surface area contributed by atoms with Crippen molar-refractivity contribution in [3.05, 3.63) is 141 Å². The number of ether oxygens (including phenoxy) is 4. The van der Waals surface area contributed by atoms with E-state index in [0.29, 0.717) is 31.9 Å². The van der Waals surface area contributed by atoms with Gasteiger partial charge in [0.25, 0.3) is 0 Å². The van der Waals surface area contributed by atoms with Gasteiger partial charge in [-0.05, 0) is 98.6 Å². The van der Waals surface area contributed by atoms with Gasteiger partial charge in [0, 0.05) is 23.2 Å². The molecule has 17 nitrogen and oxygen atoms in total. The van der Waals surface area contributed by atoms with Crippen LogP contribution in [0.2, 0.25) is 0 Å². The quantitative estimate of drug-likeness (QED) is 0.0863. The summed E-state index contributed by atoms with van der Waals surface area (Å²) in [6.07, 6.45) is -0.901. The Kier molecular flexibility index (Phi) is 15.5. The SMILES string of the molecule is COc1ccc(CN(Cc2cccc(OC)c2)S(=O)(=O)c2c(S(=O)(=O)NC[C@H](CO)NC(=O)OCc3ccccc3)ccc(I)c2-c2nnn(Cc3ccc(OC)cc3)n2)cc1. The number of carbonyl (C=O) groups excluding carboxylic acids is 1. The van der Waals surface area contributed by atoms with Crippen LogP contribution in [0.5, 0.6) is 17.2 Å². The van der Waals surface area contributed by atoms with Crippen LogP contribution in [0.3, 0.4) is 0 Å². The second-order valence-corrected chi connectivity index (χ2v) is 18.4. The van der Waals surface area contributed by atoms with Crippen molar-refractivity contribution >= 4 is 48.7 Å². The highest BCUT2D eigenvalue weighted by Gasteiger charge is 2.37. The number of hydrogen-bond acceptors (Lipinski definition) is 13. The molecule has 326 valence electrons. The minimum absolute atomic E-state index is 0.0647. The molecule has 0 aliphatic rings. The number of aromatic nitrogens is 4. The highest BCUT2D eigenvalue weighted by atomic mass is 127. The lowest BCUT2D eigenvalue weighted by Crippen LogP contribution is -2.46. The van der Waals surface area contributed by atoms with Gasteiger partial charge >= 0.3 is 6.09 Å². The number of hydrogen-bond donors (Lipinski definition) is 3. The van der Waals surface area contributed by atoms with Gasteiger partial charge in [-0.2, -0.15) is 9.10 Å². The molecule has 0 fully saturated rings. The van der Waals surface area contributed by atoms with Gasteiger partial charge in [0.15, 0.2) is 0 Å². The van der Waals surface area contributed by atoms with Crippen LogP contribution in [0.4, 0.5) is 4.79 Å². The fourth-order valence-corrected chi connectivity index (χ4v) is 10.5. The predicted molar refractivity (Wildman–Crippen MR) is 236 cm³/mol. The van der Waals surface area contributed by atoms with Gasteiger partial charge in [-0.1, -0.05) is 66.7 Å². The third kappa shape index (κ3) is 11.6. The highest BCUT2D eigenvalue weighted by Crippen LogP contribution is 2.38. The van der Waals surface area contributed by atoms with Crippen LogP contribution in [0.1, 0.15) is 22.3 Å². The number of carbonyl (C=O) groups is 1. The molecule has 1 aromatic heterocycles. The fourth-order valence-electron chi connectivity index (χ4n) is 6.16. The predicted octanol–water partition coefficient (Wildman–Crippen LogP) is 4.98. The zero-order valence-corrected chi connectivity index (χ0v) is 37.6. The molecule has 0 unspecified atom stereocenters. The second-order valence-electron chi connectivity index (χ2n) is 13.7. The third-order valence-corrected chi connectivity index (χ3v) is 13.8. The number of aliphatic hydroxyl groups excluding tert-OH is 1. The number of sulfonamides is 2. The smallest absolute Gasteiger partial charge is 0.407 e. The summed E-state index contributed by atoms with van der Waals surface area (Å²) in [6.45, 7) is -1.52. The van der Waals surface area contributed by atoms with Crippen LogP contribution >= 0.6 is 22.6 Å². The molecular weight excluding hydrogens is 954 g/mol. The molecule has 62 heavy (non-hydrogen) atoms. The van der Waals surface area contributed by atoms with Crippen LogP contribution in [0, 0.1) is 3.57 Å². The molecule has 1 heterocycles. The summed E-state index contributed by atoms with van der Waals surface area (Å²) in [6, 6.07) is 31.2. The van der Waals surface area contributed by atoms with Crippen molar-refractivity contribution in [2.45, 2.75) is 42.1 Å². The first-order chi connectivity index (χ1) is 29.8. The van der Waals surface area contributed by atoms with Crippen LogP contribution in [-0.2, 0) is 51.0 Å². The molecule has 0 aliphatic carbocycles. The molecule has 1 atom stereocenters. The number of halogens is 1. The first kappa shape index (κ1) is 45.9. The molecule has 0 spiro atoms. The van der Waals surface area contributed by atoms with Crippen molar-refractivity contribution in [1.29, 1.82) is 0 Å². The number of nitrogens with zero attached hydrogens (tertiary/aromatic N) is 5. The average molecular weight is 998 g/mol. The molecule has 0 saturated heterocycles. The zero-order valence-electron chi connectivity index (χ0n) is 33.8. The monoisotopic (exact) mass is 997 g/mol. The molecule has 20 heteroatoms. The maximum absolute atomic E-state index is 15.5. The summed E-state index contributed by atoms with van der Waals surface area (Å²) in [5.74, 6) is 1.54. The first-order valence-electron chi connectivity index (χ1n) is 18.9. The summed E-state index contributed by atoms with van der Waals surface area (Å²) < 4.78 is 85.0. The molecular formula is C42H44IN7O10S2. The van der Waals surface area contributed by atoms with Gasteiger partial charge in [-0.25, -0.2) is 26.4 Å². The molecule has 0 saturated carbocycles. The minimum Gasteiger partial charge on any atom is -0.497 e. The van der Waals surface area contributed by atoms with Crippen molar-refractivity contribution in [3.63, 3.8) is 0 Å². The van der Waals surface area contributed by atoms with Crippen molar-refractivity contribution in [2.24, 2.45) is 0 Å². The van der Waals surface area contributed by atoms with Gasteiger partial charge in [0.2, 0.25) is 25.9 Å². The molecule has 1 amide bonds. The van der Waals surface area contributed by atoms with Crippen LogP contribution in [-0.4, -0.2) is 93.1 Å². The van der Waals surface area contributed by atoms with Crippen molar-refractivity contribution in [1.82, 2.24) is 34.6 Å². The van der Waals surface area contributed by atoms with Crippen LogP contribution in [0.15, 0.2) is 125 Å². The number of rotatable bonds is 20. The highest BCUT2D eigenvalue weighted by molar-refractivity contribution is 14.1. The number of amides is 1. The van der Waals surface area contributed by atoms with E-state index >= 15 is 8.42 Å². The second kappa shape index (κ2) is 20.9. The van der Waals surface area contributed by atoms with E-state index in [-0.39, 0.29) is 37.6 Å². The summed E-state index contributed by atoms with van der Waals surface area (Å²) >= 11 is 1.91. The number of alkyl carbamates (subject to hydrolysis) is 1. The molecule has 6 aromatic rings. The number of tetrazole rings is 1. The zero-order chi connectivity index (χ0) is 44.3. The Labute approximate surface area is 373 Å². The topological polar surface area (TPSA) is 213 Å². The van der Waals surface area contributed by atoms with E-state index in [1.807, 2.05) is 40.8 Å². The summed E-state index contributed by atoms with van der Waals surface area (Å²) in [5, 5.41) is 25.6. The first-order valence-corrected chi connectivity index (χ1v) is 22.9. The van der Waals surface area contributed by atoms with Crippen molar-refractivity contribution in [2.75, 3.05) is 34.5 Å². The van der Waals surface area contributed by atoms with Gasteiger partial charge in [-0.15, -0.1) is 10.2 Å². The Hall–Kier alpha value is -5.65. The normalized spacial score (nSPS) is 12.2. The van der Waals surface area contributed by atoms with Crippen molar-refractivity contribution in [3.8, 4) is 28.6 Å². The molecule has 6 rings (SSSR count). The van der Waals surface area contributed by atoms with E-state index in [1.165, 1.54) is 31.1 Å². The summed E-state index contributed by atoms with van der Waals surface area (Å²) in [7, 11) is -5.03. The van der Waals surface area contributed by atoms with Gasteiger partial charge < -0.3 is 29.4 Å². The van der Waals surface area contributed by atoms with Crippen LogP contribution < -0.4 is 24.2 Å². The lowest BCUT2D eigenvalue weighted by Gasteiger charge is -2.26. The molecule has 0 radical (unpaired) electrons. The Balaban J connectivity index is 1.41. The average Bonchev–Trinajstić information content (AvgIpc) is 3.75. The Bertz CT molecular complexity index is 2670. The fraction of sp³-hybridized carbons (Fsp3) is 0.238. The third-order valence-electron chi connectivity index (χ3n) is 9.40. The van der Waals surface area contributed by atoms with E-state index in [4.69, 9.17) is 18.9 Å². The Morgan fingerprint density at radius 1 is 0.774 bits per heavy atom. The molecule has 5 aromatic carbocycles. The van der Waals surface area contributed by atoms with E-state index in [2.05, 4.69) is 25.4 Å². The van der Waals surface area contributed by atoms with Gasteiger partial charge in [0.1, 0.15) is 33.6 Å². The molecule has 0 bridgehead atoms. The lowest BCUT2D eigenvalue weighted by atomic mass is 10.2. The molecule has 0 aliphatic heterocycles. The van der Waals surface area contributed by atoms with Gasteiger partial charge in [0.05, 0.1) is 46.1 Å². The van der Waals surface area contributed by atoms with E-state index in [9.17, 15) is 18.3 Å². The molecule has 3 N–H and O–H groups in total.